The number of carbonyl (C=O) groups excluding carboxylic acids is 2. The minimum atomic E-state index is -0.137. The molecule has 0 spiro atoms. The van der Waals surface area contributed by atoms with Gasteiger partial charge >= 0.3 is 5.97 Å². The van der Waals surface area contributed by atoms with E-state index in [9.17, 15) is 9.59 Å². The number of aromatic nitrogens is 2. The van der Waals surface area contributed by atoms with Crippen LogP contribution >= 0.6 is 11.3 Å². The number of thiophene rings is 1. The number of nitrogens with zero attached hydrogens (tertiary/aromatic N) is 2. The van der Waals surface area contributed by atoms with Crippen LogP contribution in [0.25, 0.3) is 10.2 Å². The number of rotatable bonds is 4. The van der Waals surface area contributed by atoms with Crippen molar-refractivity contribution in [1.82, 2.24) is 15.1 Å². The summed E-state index contributed by atoms with van der Waals surface area (Å²) in [6, 6.07) is 2.42. The van der Waals surface area contributed by atoms with Gasteiger partial charge in [-0.1, -0.05) is 0 Å². The summed E-state index contributed by atoms with van der Waals surface area (Å²) in [7, 11) is 1.43. The van der Waals surface area contributed by atoms with Gasteiger partial charge in [0.05, 0.1) is 29.6 Å². The third-order valence-electron chi connectivity index (χ3n) is 5.93. The van der Waals surface area contributed by atoms with Crippen LogP contribution in [0.4, 0.5) is 0 Å². The van der Waals surface area contributed by atoms with Crippen molar-refractivity contribution < 1.29 is 19.1 Å². The molecule has 1 aliphatic carbocycles. The van der Waals surface area contributed by atoms with Crippen molar-refractivity contribution in [3.05, 3.63) is 16.6 Å². The number of ether oxygens (including phenoxy) is 2. The number of hydrogen-bond acceptors (Lipinski definition) is 6. The summed E-state index contributed by atoms with van der Waals surface area (Å²) in [6.45, 7) is 3.52. The van der Waals surface area contributed by atoms with E-state index in [4.69, 9.17) is 14.6 Å². The van der Waals surface area contributed by atoms with Crippen LogP contribution in [0, 0.1) is 12.8 Å². The molecule has 3 heterocycles. The highest BCUT2D eigenvalue weighted by Crippen LogP contribution is 2.33. The van der Waals surface area contributed by atoms with Gasteiger partial charge in [-0.05, 0) is 51.5 Å². The monoisotopic (exact) mass is 405 g/mol. The molecule has 1 saturated carbocycles. The highest BCUT2D eigenvalue weighted by molar-refractivity contribution is 7.20. The van der Waals surface area contributed by atoms with Gasteiger partial charge in [0.2, 0.25) is 0 Å². The van der Waals surface area contributed by atoms with Crippen LogP contribution in [0.5, 0.6) is 0 Å². The van der Waals surface area contributed by atoms with Gasteiger partial charge in [-0.25, -0.2) is 0 Å². The van der Waals surface area contributed by atoms with E-state index in [1.807, 2.05) is 13.0 Å². The van der Waals surface area contributed by atoms with Gasteiger partial charge in [0.1, 0.15) is 4.83 Å². The van der Waals surface area contributed by atoms with Crippen LogP contribution in [0.3, 0.4) is 0 Å². The van der Waals surface area contributed by atoms with E-state index in [-0.39, 0.29) is 23.8 Å². The van der Waals surface area contributed by atoms with Gasteiger partial charge in [0, 0.05) is 24.6 Å². The summed E-state index contributed by atoms with van der Waals surface area (Å²) in [6.07, 6.45) is 5.07. The van der Waals surface area contributed by atoms with E-state index in [1.54, 1.807) is 0 Å². The zero-order chi connectivity index (χ0) is 19.7. The summed E-state index contributed by atoms with van der Waals surface area (Å²) in [5, 5.41) is 8.94. The number of methoxy groups -OCH3 is 1. The second-order valence-corrected chi connectivity index (χ2v) is 8.78. The van der Waals surface area contributed by atoms with Crippen LogP contribution < -0.4 is 5.32 Å². The average Bonchev–Trinajstić information content (AvgIpc) is 3.29. The molecule has 0 atom stereocenters. The third-order valence-corrected chi connectivity index (χ3v) is 7.05. The number of hydrogen-bond donors (Lipinski definition) is 1. The lowest BCUT2D eigenvalue weighted by Gasteiger charge is -2.27. The Kier molecular flexibility index (Phi) is 5.68. The van der Waals surface area contributed by atoms with Crippen LogP contribution in [0.2, 0.25) is 0 Å². The fourth-order valence-electron chi connectivity index (χ4n) is 4.26. The largest absolute Gasteiger partial charge is 0.469 e. The molecule has 0 bridgehead atoms. The van der Waals surface area contributed by atoms with Crippen LogP contribution in [0.1, 0.15) is 59.9 Å². The molecule has 0 unspecified atom stereocenters. The van der Waals surface area contributed by atoms with E-state index >= 15 is 0 Å². The fourth-order valence-corrected chi connectivity index (χ4v) is 5.39. The van der Waals surface area contributed by atoms with E-state index in [1.165, 1.54) is 18.4 Å². The number of carbonyl (C=O) groups is 2. The Hall–Kier alpha value is -1.93. The molecule has 8 heteroatoms. The average molecular weight is 406 g/mol. The molecular weight excluding hydrogens is 378 g/mol. The minimum Gasteiger partial charge on any atom is -0.469 e. The molecule has 152 valence electrons. The van der Waals surface area contributed by atoms with E-state index in [0.717, 1.165) is 72.5 Å². The third kappa shape index (κ3) is 3.80. The molecule has 28 heavy (non-hydrogen) atoms. The summed E-state index contributed by atoms with van der Waals surface area (Å²) < 4.78 is 12.4. The predicted octanol–water partition coefficient (Wildman–Crippen LogP) is 3.22. The zero-order valence-electron chi connectivity index (χ0n) is 16.4. The van der Waals surface area contributed by atoms with Gasteiger partial charge < -0.3 is 14.8 Å². The van der Waals surface area contributed by atoms with Crippen molar-refractivity contribution in [3.63, 3.8) is 0 Å². The SMILES string of the molecule is COC(=O)C1CCC(NC(=O)c2cc3c(C)nn(C4CCOCC4)c3s2)CC1. The Morgan fingerprint density at radius 3 is 2.61 bits per heavy atom. The van der Waals surface area contributed by atoms with Crippen molar-refractivity contribution in [1.29, 1.82) is 0 Å². The maximum Gasteiger partial charge on any atom is 0.308 e. The number of amides is 1. The van der Waals surface area contributed by atoms with Crippen LogP contribution in [-0.4, -0.2) is 48.0 Å². The molecule has 7 nitrogen and oxygen atoms in total. The second-order valence-electron chi connectivity index (χ2n) is 7.75. The van der Waals surface area contributed by atoms with Crippen molar-refractivity contribution in [2.75, 3.05) is 20.3 Å². The highest BCUT2D eigenvalue weighted by Gasteiger charge is 2.29. The molecule has 0 aromatic carbocycles. The Labute approximate surface area is 168 Å². The van der Waals surface area contributed by atoms with Crippen LogP contribution in [0.15, 0.2) is 6.07 Å². The van der Waals surface area contributed by atoms with Gasteiger partial charge in [-0.3, -0.25) is 14.3 Å². The molecule has 2 aliphatic rings. The second kappa shape index (κ2) is 8.21. The molecule has 4 rings (SSSR count). The Balaban J connectivity index is 1.44. The van der Waals surface area contributed by atoms with E-state index < -0.39 is 0 Å². The Bertz CT molecular complexity index is 860. The molecule has 1 aliphatic heterocycles. The molecule has 2 aromatic rings. The molecule has 2 aromatic heterocycles. The Morgan fingerprint density at radius 1 is 1.21 bits per heavy atom. The lowest BCUT2D eigenvalue weighted by Crippen LogP contribution is -2.38. The highest BCUT2D eigenvalue weighted by atomic mass is 32.1. The number of esters is 1. The first-order chi connectivity index (χ1) is 13.6. The minimum absolute atomic E-state index is 0.0272. The standard InChI is InChI=1S/C20H27N3O4S/c1-12-16-11-17(28-19(16)23(22-12)15-7-9-27-10-8-15)18(24)21-14-5-3-13(4-6-14)20(25)26-2/h11,13-15H,3-10H2,1-2H3,(H,21,24). The molecule has 1 saturated heterocycles. The van der Waals surface area contributed by atoms with Crippen molar-refractivity contribution in [3.8, 4) is 0 Å². The van der Waals surface area contributed by atoms with Crippen molar-refractivity contribution in [2.24, 2.45) is 5.92 Å². The lowest BCUT2D eigenvalue weighted by atomic mass is 9.86. The summed E-state index contributed by atoms with van der Waals surface area (Å²) >= 11 is 1.52. The number of aryl methyl sites for hydroxylation is 1. The fraction of sp³-hybridized carbons (Fsp3) is 0.650. The molecule has 2 fully saturated rings. The predicted molar refractivity (Wildman–Crippen MR) is 107 cm³/mol. The maximum atomic E-state index is 12.8. The first kappa shape index (κ1) is 19.4. The first-order valence-corrected chi connectivity index (χ1v) is 10.8. The number of fused-ring (bicyclic) bond motifs is 1. The van der Waals surface area contributed by atoms with E-state index in [2.05, 4.69) is 10.00 Å². The Morgan fingerprint density at radius 2 is 1.93 bits per heavy atom. The zero-order valence-corrected chi connectivity index (χ0v) is 17.2. The topological polar surface area (TPSA) is 82.5 Å². The summed E-state index contributed by atoms with van der Waals surface area (Å²) in [4.78, 5) is 26.3. The molecule has 1 amide bonds. The van der Waals surface area contributed by atoms with Crippen LogP contribution in [-0.2, 0) is 14.3 Å². The van der Waals surface area contributed by atoms with Crippen molar-refractivity contribution >= 4 is 33.4 Å². The maximum absolute atomic E-state index is 12.8. The van der Waals surface area contributed by atoms with E-state index in [0.29, 0.717) is 6.04 Å². The summed E-state index contributed by atoms with van der Waals surface area (Å²) in [5.74, 6) is -0.196. The van der Waals surface area contributed by atoms with Gasteiger partial charge in [0.25, 0.3) is 5.91 Å². The molecule has 1 N–H and O–H groups in total. The first-order valence-electron chi connectivity index (χ1n) is 10.0. The molecular formula is C20H27N3O4S. The smallest absolute Gasteiger partial charge is 0.308 e. The molecule has 0 radical (unpaired) electrons. The number of nitrogens with one attached hydrogen (secondary N) is 1. The van der Waals surface area contributed by atoms with Gasteiger partial charge in [-0.2, -0.15) is 5.10 Å². The lowest BCUT2D eigenvalue weighted by molar-refractivity contribution is -0.146. The summed E-state index contributed by atoms with van der Waals surface area (Å²) in [5.41, 5.74) is 0.968. The normalized spacial score (nSPS) is 23.6. The van der Waals surface area contributed by atoms with Gasteiger partial charge in [-0.15, -0.1) is 11.3 Å². The quantitative estimate of drug-likeness (QED) is 0.790. The van der Waals surface area contributed by atoms with Crippen molar-refractivity contribution in [2.45, 2.75) is 57.5 Å². The van der Waals surface area contributed by atoms with Gasteiger partial charge in [0.15, 0.2) is 0 Å².